The van der Waals surface area contributed by atoms with Crippen LogP contribution in [0.1, 0.15) is 22.8 Å². The van der Waals surface area contributed by atoms with E-state index in [0.717, 1.165) is 0 Å². The molecule has 0 saturated heterocycles. The molecule has 21 heavy (non-hydrogen) atoms. The second-order valence-electron chi connectivity index (χ2n) is 3.51. The molecule has 0 aliphatic heterocycles. The Balaban J connectivity index is 3.57. The van der Waals surface area contributed by atoms with E-state index in [1.54, 1.807) is 0 Å². The van der Waals surface area contributed by atoms with E-state index < -0.39 is 39.8 Å². The second-order valence-corrected chi connectivity index (χ2v) is 3.51. The maximum absolute atomic E-state index is 12.3. The van der Waals surface area contributed by atoms with Crippen LogP contribution in [0.15, 0.2) is 12.1 Å². The number of nitrogens with zero attached hydrogens (tertiary/aromatic N) is 2. The summed E-state index contributed by atoms with van der Waals surface area (Å²) in [6, 6.07) is 2.68. The third-order valence-electron chi connectivity index (χ3n) is 2.11. The zero-order chi connectivity index (χ0) is 16.2. The third-order valence-corrected chi connectivity index (χ3v) is 2.11. The second kappa shape index (κ2) is 6.08. The van der Waals surface area contributed by atoms with Crippen molar-refractivity contribution in [1.82, 2.24) is 0 Å². The summed E-state index contributed by atoms with van der Waals surface area (Å²) in [6.45, 7) is 1.17. The third kappa shape index (κ3) is 4.07. The van der Waals surface area contributed by atoms with Gasteiger partial charge in [-0.15, -0.1) is 13.2 Å². The number of esters is 1. The minimum absolute atomic E-state index is 0.207. The Morgan fingerprint density at radius 1 is 1.48 bits per heavy atom. The van der Waals surface area contributed by atoms with Gasteiger partial charge in [-0.1, -0.05) is 0 Å². The van der Waals surface area contributed by atoms with Gasteiger partial charge in [0, 0.05) is 6.07 Å². The highest BCUT2D eigenvalue weighted by molar-refractivity contribution is 5.97. The van der Waals surface area contributed by atoms with Crippen LogP contribution in [0.5, 0.6) is 5.75 Å². The van der Waals surface area contributed by atoms with Gasteiger partial charge in [0.05, 0.1) is 23.2 Å². The molecule has 0 unspecified atom stereocenters. The van der Waals surface area contributed by atoms with Gasteiger partial charge in [-0.2, -0.15) is 5.26 Å². The minimum atomic E-state index is -5.19. The quantitative estimate of drug-likeness (QED) is 0.481. The highest BCUT2D eigenvalue weighted by Crippen LogP contribution is 2.34. The number of benzene rings is 1. The SMILES string of the molecule is CCOC(=O)c1c(OC(F)(F)F)cc(C#N)cc1[N+](=O)[O-]. The van der Waals surface area contributed by atoms with Crippen LogP contribution in [-0.2, 0) is 4.74 Å². The summed E-state index contributed by atoms with van der Waals surface area (Å²) in [6.07, 6.45) is -5.19. The van der Waals surface area contributed by atoms with Crippen LogP contribution < -0.4 is 4.74 Å². The molecule has 0 amide bonds. The van der Waals surface area contributed by atoms with Crippen molar-refractivity contribution in [1.29, 1.82) is 5.26 Å². The monoisotopic (exact) mass is 304 g/mol. The van der Waals surface area contributed by atoms with Crippen LogP contribution >= 0.6 is 0 Å². The van der Waals surface area contributed by atoms with Crippen LogP contribution in [0.4, 0.5) is 18.9 Å². The van der Waals surface area contributed by atoms with E-state index in [9.17, 15) is 28.1 Å². The normalized spacial score (nSPS) is 10.6. The topological polar surface area (TPSA) is 102 Å². The lowest BCUT2D eigenvalue weighted by molar-refractivity contribution is -0.385. The fourth-order valence-corrected chi connectivity index (χ4v) is 1.42. The van der Waals surface area contributed by atoms with Crippen molar-refractivity contribution in [3.63, 3.8) is 0 Å². The van der Waals surface area contributed by atoms with E-state index in [1.807, 2.05) is 0 Å². The smallest absolute Gasteiger partial charge is 0.462 e. The molecule has 0 radical (unpaired) electrons. The fourth-order valence-electron chi connectivity index (χ4n) is 1.42. The highest BCUT2D eigenvalue weighted by atomic mass is 19.4. The molecule has 112 valence electrons. The van der Waals surface area contributed by atoms with Gasteiger partial charge in [0.1, 0.15) is 0 Å². The summed E-state index contributed by atoms with van der Waals surface area (Å²) in [5.74, 6) is -2.51. The molecule has 0 N–H and O–H groups in total. The molecule has 0 fully saturated rings. The van der Waals surface area contributed by atoms with Crippen molar-refractivity contribution in [3.05, 3.63) is 33.4 Å². The molecule has 0 aromatic heterocycles. The number of ether oxygens (including phenoxy) is 2. The van der Waals surface area contributed by atoms with Gasteiger partial charge >= 0.3 is 12.3 Å². The van der Waals surface area contributed by atoms with E-state index >= 15 is 0 Å². The summed E-state index contributed by atoms with van der Waals surface area (Å²) >= 11 is 0. The van der Waals surface area contributed by atoms with Crippen molar-refractivity contribution in [3.8, 4) is 11.8 Å². The Kier molecular flexibility index (Phi) is 4.70. The molecule has 1 rings (SSSR count). The molecular formula is C11H7F3N2O5. The molecule has 0 aliphatic rings. The molecule has 0 aliphatic carbocycles. The Labute approximate surface area is 115 Å². The Morgan fingerprint density at radius 3 is 2.52 bits per heavy atom. The zero-order valence-electron chi connectivity index (χ0n) is 10.4. The average molecular weight is 304 g/mol. The largest absolute Gasteiger partial charge is 0.573 e. The van der Waals surface area contributed by atoms with Gasteiger partial charge in [-0.05, 0) is 13.0 Å². The summed E-state index contributed by atoms with van der Waals surface area (Å²) in [7, 11) is 0. The number of nitro benzene ring substituents is 1. The van der Waals surface area contributed by atoms with Crippen LogP contribution in [0.25, 0.3) is 0 Å². The molecule has 1 aromatic rings. The first-order valence-corrected chi connectivity index (χ1v) is 5.35. The van der Waals surface area contributed by atoms with Crippen LogP contribution in [0, 0.1) is 21.4 Å². The maximum atomic E-state index is 12.3. The van der Waals surface area contributed by atoms with Crippen molar-refractivity contribution < 1.29 is 32.4 Å². The predicted molar refractivity (Wildman–Crippen MR) is 60.5 cm³/mol. The van der Waals surface area contributed by atoms with Crippen LogP contribution in [0.2, 0.25) is 0 Å². The maximum Gasteiger partial charge on any atom is 0.573 e. The molecule has 1 aromatic carbocycles. The number of hydrogen-bond donors (Lipinski definition) is 0. The number of carbonyl (C=O) groups is 1. The first kappa shape index (κ1) is 16.2. The van der Waals surface area contributed by atoms with E-state index in [2.05, 4.69) is 9.47 Å². The zero-order valence-corrected chi connectivity index (χ0v) is 10.4. The van der Waals surface area contributed by atoms with Crippen molar-refractivity contribution >= 4 is 11.7 Å². The van der Waals surface area contributed by atoms with Crippen molar-refractivity contribution in [2.24, 2.45) is 0 Å². The number of halogens is 3. The lowest BCUT2D eigenvalue weighted by Gasteiger charge is -2.13. The lowest BCUT2D eigenvalue weighted by atomic mass is 10.1. The highest BCUT2D eigenvalue weighted by Gasteiger charge is 2.36. The number of nitriles is 1. The number of hydrogen-bond acceptors (Lipinski definition) is 6. The molecule has 10 heteroatoms. The Hall–Kier alpha value is -2.83. The molecule has 0 atom stereocenters. The van der Waals surface area contributed by atoms with Gasteiger partial charge in [0.25, 0.3) is 5.69 Å². The van der Waals surface area contributed by atoms with E-state index in [1.165, 1.54) is 13.0 Å². The summed E-state index contributed by atoms with van der Waals surface area (Å²) in [4.78, 5) is 21.4. The molecule has 0 spiro atoms. The predicted octanol–water partition coefficient (Wildman–Crippen LogP) is 2.54. The minimum Gasteiger partial charge on any atom is -0.462 e. The number of carbonyl (C=O) groups excluding carboxylic acids is 1. The summed E-state index contributed by atoms with van der Waals surface area (Å²) in [5, 5.41) is 19.5. The standard InChI is InChI=1S/C11H7F3N2O5/c1-2-20-10(17)9-7(16(18)19)3-6(5-15)4-8(9)21-11(12,13)14/h3-4H,2H2,1H3. The average Bonchev–Trinajstić information content (AvgIpc) is 2.35. The number of nitro groups is 1. The Bertz CT molecular complexity index is 622. The van der Waals surface area contributed by atoms with E-state index in [0.29, 0.717) is 12.1 Å². The molecule has 0 bridgehead atoms. The summed E-state index contributed by atoms with van der Waals surface area (Å²) < 4.78 is 45.0. The van der Waals surface area contributed by atoms with Crippen molar-refractivity contribution in [2.45, 2.75) is 13.3 Å². The van der Waals surface area contributed by atoms with Gasteiger partial charge < -0.3 is 9.47 Å². The molecular weight excluding hydrogens is 297 g/mol. The van der Waals surface area contributed by atoms with Gasteiger partial charge in [0.2, 0.25) is 0 Å². The first-order valence-electron chi connectivity index (χ1n) is 5.35. The molecule has 7 nitrogen and oxygen atoms in total. The van der Waals surface area contributed by atoms with Gasteiger partial charge in [-0.3, -0.25) is 10.1 Å². The number of alkyl halides is 3. The van der Waals surface area contributed by atoms with Crippen LogP contribution in [-0.4, -0.2) is 23.9 Å². The van der Waals surface area contributed by atoms with Crippen molar-refractivity contribution in [2.75, 3.05) is 6.61 Å². The summed E-state index contributed by atoms with van der Waals surface area (Å²) in [5.41, 5.74) is -2.47. The first-order chi connectivity index (χ1) is 9.69. The van der Waals surface area contributed by atoms with Gasteiger partial charge in [-0.25, -0.2) is 4.79 Å². The van der Waals surface area contributed by atoms with Gasteiger partial charge in [0.15, 0.2) is 11.3 Å². The molecule has 0 heterocycles. The van der Waals surface area contributed by atoms with E-state index in [-0.39, 0.29) is 6.61 Å². The number of rotatable bonds is 4. The van der Waals surface area contributed by atoms with Crippen LogP contribution in [0.3, 0.4) is 0 Å². The fraction of sp³-hybridized carbons (Fsp3) is 0.273. The Morgan fingerprint density at radius 2 is 2.10 bits per heavy atom. The molecule has 0 saturated carbocycles. The lowest BCUT2D eigenvalue weighted by Crippen LogP contribution is -2.20. The van der Waals surface area contributed by atoms with E-state index in [4.69, 9.17) is 5.26 Å².